The monoisotopic (exact) mass is 260 g/mol. The van der Waals surface area contributed by atoms with E-state index in [2.05, 4.69) is 20.8 Å². The van der Waals surface area contributed by atoms with Gasteiger partial charge in [0.25, 0.3) is 0 Å². The second-order valence-electron chi connectivity index (χ2n) is 3.93. The van der Waals surface area contributed by atoms with Gasteiger partial charge in [0.05, 0.1) is 0 Å². The molecule has 0 spiro atoms. The van der Waals surface area contributed by atoms with Crippen LogP contribution in [0.2, 0.25) is 0 Å². The maximum absolute atomic E-state index is 12.3. The van der Waals surface area contributed by atoms with Crippen LogP contribution in [0.1, 0.15) is 18.5 Å². The third-order valence-electron chi connectivity index (χ3n) is 2.56. The van der Waals surface area contributed by atoms with Gasteiger partial charge in [0.15, 0.2) is 5.69 Å². The second-order valence-corrected chi connectivity index (χ2v) is 3.93. The molecule has 0 saturated carbocycles. The van der Waals surface area contributed by atoms with Crippen molar-refractivity contribution in [2.24, 2.45) is 0 Å². The van der Waals surface area contributed by atoms with Crippen molar-refractivity contribution in [2.75, 3.05) is 11.9 Å². The Kier molecular flexibility index (Phi) is 3.35. The van der Waals surface area contributed by atoms with E-state index in [-0.39, 0.29) is 11.7 Å². The van der Waals surface area contributed by atoms with Crippen molar-refractivity contribution < 1.29 is 18.0 Å². The van der Waals surface area contributed by atoms with E-state index in [0.717, 1.165) is 18.6 Å². The predicted octanol–water partition coefficient (Wildman–Crippen LogP) is 1.19. The Morgan fingerprint density at radius 3 is 2.67 bits per heavy atom. The van der Waals surface area contributed by atoms with Crippen LogP contribution in [-0.4, -0.2) is 28.7 Å². The molecule has 0 bridgehead atoms. The van der Waals surface area contributed by atoms with Gasteiger partial charge in [-0.3, -0.25) is 4.79 Å². The minimum Gasteiger partial charge on any atom is -0.357 e. The molecular weight excluding hydrogens is 249 g/mol. The maximum atomic E-state index is 12.3. The summed E-state index contributed by atoms with van der Waals surface area (Å²) in [5.74, 6) is -0.0204. The molecule has 98 valence electrons. The van der Waals surface area contributed by atoms with Gasteiger partial charge in [-0.1, -0.05) is 0 Å². The average Bonchev–Trinajstić information content (AvgIpc) is 2.32. The smallest absolute Gasteiger partial charge is 0.357 e. The minimum atomic E-state index is -4.51. The van der Waals surface area contributed by atoms with E-state index in [1.54, 1.807) is 0 Å². The van der Waals surface area contributed by atoms with E-state index in [9.17, 15) is 18.0 Å². The summed E-state index contributed by atoms with van der Waals surface area (Å²) >= 11 is 0. The third kappa shape index (κ3) is 2.88. The van der Waals surface area contributed by atoms with Gasteiger partial charge in [0, 0.05) is 6.54 Å². The van der Waals surface area contributed by atoms with Gasteiger partial charge in [0.1, 0.15) is 11.9 Å². The predicted molar refractivity (Wildman–Crippen MR) is 56.7 cm³/mol. The van der Waals surface area contributed by atoms with Crippen molar-refractivity contribution >= 4 is 11.7 Å². The number of carbonyl (C=O) groups is 1. The lowest BCUT2D eigenvalue weighted by atomic mass is 10.1. The molecular formula is C10H11F3N4O. The number of anilines is 1. The summed E-state index contributed by atoms with van der Waals surface area (Å²) in [5.41, 5.74) is -1.05. The SMILES string of the molecule is O=C1NCCC[C@H]1Nc1ccc(C(F)(F)F)nn1. The van der Waals surface area contributed by atoms with Crippen molar-refractivity contribution in [3.8, 4) is 0 Å². The van der Waals surface area contributed by atoms with Crippen LogP contribution in [0.5, 0.6) is 0 Å². The van der Waals surface area contributed by atoms with Gasteiger partial charge in [0.2, 0.25) is 5.91 Å². The molecule has 1 fully saturated rings. The molecule has 0 aliphatic carbocycles. The first-order valence-electron chi connectivity index (χ1n) is 5.42. The van der Waals surface area contributed by atoms with Crippen LogP contribution in [0.15, 0.2) is 12.1 Å². The highest BCUT2D eigenvalue weighted by molar-refractivity contribution is 5.84. The number of alkyl halides is 3. The molecule has 2 heterocycles. The van der Waals surface area contributed by atoms with Crippen LogP contribution in [0.3, 0.4) is 0 Å². The summed E-state index contributed by atoms with van der Waals surface area (Å²) in [6, 6.07) is 1.53. The third-order valence-corrected chi connectivity index (χ3v) is 2.56. The van der Waals surface area contributed by atoms with Gasteiger partial charge in [-0.15, -0.1) is 10.2 Å². The summed E-state index contributed by atoms with van der Waals surface area (Å²) in [7, 11) is 0. The van der Waals surface area contributed by atoms with E-state index in [4.69, 9.17) is 0 Å². The van der Waals surface area contributed by atoms with Gasteiger partial charge in [-0.25, -0.2) is 0 Å². The highest BCUT2D eigenvalue weighted by Gasteiger charge is 2.33. The molecule has 1 saturated heterocycles. The van der Waals surface area contributed by atoms with E-state index >= 15 is 0 Å². The zero-order valence-corrected chi connectivity index (χ0v) is 9.29. The Balaban J connectivity index is 2.04. The first-order chi connectivity index (χ1) is 8.47. The number of nitrogens with one attached hydrogen (secondary N) is 2. The molecule has 18 heavy (non-hydrogen) atoms. The summed E-state index contributed by atoms with van der Waals surface area (Å²) in [6.07, 6.45) is -3.07. The number of amides is 1. The zero-order valence-electron chi connectivity index (χ0n) is 9.29. The molecule has 1 aliphatic rings. The molecule has 8 heteroatoms. The van der Waals surface area contributed by atoms with Crippen molar-refractivity contribution in [1.82, 2.24) is 15.5 Å². The summed E-state index contributed by atoms with van der Waals surface area (Å²) in [5, 5.41) is 11.9. The molecule has 1 aromatic heterocycles. The van der Waals surface area contributed by atoms with Crippen LogP contribution in [0, 0.1) is 0 Å². The Labute approximate surface area is 101 Å². The first kappa shape index (κ1) is 12.6. The lowest BCUT2D eigenvalue weighted by molar-refractivity contribution is -0.141. The van der Waals surface area contributed by atoms with E-state index in [1.807, 2.05) is 0 Å². The molecule has 0 unspecified atom stereocenters. The molecule has 2 N–H and O–H groups in total. The summed E-state index contributed by atoms with van der Waals surface area (Å²) < 4.78 is 36.8. The van der Waals surface area contributed by atoms with Gasteiger partial charge < -0.3 is 10.6 Å². The van der Waals surface area contributed by atoms with Crippen LogP contribution in [0.4, 0.5) is 19.0 Å². The van der Waals surface area contributed by atoms with Gasteiger partial charge in [-0.05, 0) is 25.0 Å². The Bertz CT molecular complexity index is 432. The molecule has 0 radical (unpaired) electrons. The number of aromatic nitrogens is 2. The topological polar surface area (TPSA) is 66.9 Å². The maximum Gasteiger partial charge on any atom is 0.435 e. The number of piperidine rings is 1. The number of hydrogen-bond donors (Lipinski definition) is 2. The molecule has 5 nitrogen and oxygen atoms in total. The fraction of sp³-hybridized carbons (Fsp3) is 0.500. The number of halogens is 3. The Morgan fingerprint density at radius 1 is 1.33 bits per heavy atom. The quantitative estimate of drug-likeness (QED) is 0.838. The van der Waals surface area contributed by atoms with Crippen LogP contribution < -0.4 is 10.6 Å². The normalized spacial score (nSPS) is 20.4. The van der Waals surface area contributed by atoms with Crippen LogP contribution in [-0.2, 0) is 11.0 Å². The highest BCUT2D eigenvalue weighted by atomic mass is 19.4. The van der Waals surface area contributed by atoms with Crippen LogP contribution >= 0.6 is 0 Å². The highest BCUT2D eigenvalue weighted by Crippen LogP contribution is 2.27. The first-order valence-corrected chi connectivity index (χ1v) is 5.42. The summed E-state index contributed by atoms with van der Waals surface area (Å²) in [6.45, 7) is 0.621. The van der Waals surface area contributed by atoms with Crippen LogP contribution in [0.25, 0.3) is 0 Å². The van der Waals surface area contributed by atoms with Gasteiger partial charge >= 0.3 is 6.18 Å². The summed E-state index contributed by atoms with van der Waals surface area (Å²) in [4.78, 5) is 11.4. The van der Waals surface area contributed by atoms with E-state index < -0.39 is 17.9 Å². The standard InChI is InChI=1S/C10H11F3N4O/c11-10(12,13)7-3-4-8(17-16-7)15-6-2-1-5-14-9(6)18/h3-4,6H,1-2,5H2,(H,14,18)(H,15,17)/t6-/m1/s1. The molecule has 1 aromatic rings. The fourth-order valence-electron chi connectivity index (χ4n) is 1.65. The number of carbonyl (C=O) groups excluding carboxylic acids is 1. The molecule has 1 atom stereocenters. The fourth-order valence-corrected chi connectivity index (χ4v) is 1.65. The van der Waals surface area contributed by atoms with E-state index in [0.29, 0.717) is 13.0 Å². The average molecular weight is 260 g/mol. The van der Waals surface area contributed by atoms with Crippen molar-refractivity contribution in [1.29, 1.82) is 0 Å². The van der Waals surface area contributed by atoms with Crippen molar-refractivity contribution in [2.45, 2.75) is 25.1 Å². The van der Waals surface area contributed by atoms with Crippen molar-refractivity contribution in [3.05, 3.63) is 17.8 Å². The van der Waals surface area contributed by atoms with E-state index in [1.165, 1.54) is 0 Å². The van der Waals surface area contributed by atoms with Gasteiger partial charge in [-0.2, -0.15) is 13.2 Å². The number of nitrogens with zero attached hydrogens (tertiary/aromatic N) is 2. The zero-order chi connectivity index (χ0) is 13.2. The largest absolute Gasteiger partial charge is 0.435 e. The lowest BCUT2D eigenvalue weighted by Crippen LogP contribution is -2.44. The molecule has 2 rings (SSSR count). The second kappa shape index (κ2) is 4.79. The minimum absolute atomic E-state index is 0.157. The molecule has 1 amide bonds. The number of rotatable bonds is 2. The Morgan fingerprint density at radius 2 is 2.11 bits per heavy atom. The molecule has 1 aliphatic heterocycles. The van der Waals surface area contributed by atoms with Crippen molar-refractivity contribution in [3.63, 3.8) is 0 Å². The molecule has 0 aromatic carbocycles. The number of hydrogen-bond acceptors (Lipinski definition) is 4. The Hall–Kier alpha value is -1.86. The lowest BCUT2D eigenvalue weighted by Gasteiger charge is -2.22.